The molecule has 1 atom stereocenters. The van der Waals surface area contributed by atoms with E-state index >= 15 is 0 Å². The third kappa shape index (κ3) is 7.11. The van der Waals surface area contributed by atoms with Crippen LogP contribution in [0.2, 0.25) is 5.02 Å². The first-order valence-electron chi connectivity index (χ1n) is 13.3. The SMILES string of the molecule is CC.CCc1c(C(=O)NCc2ccc(Cl)cc2)c2c(n1C1CCC(F)(F)C1)CN(C)C2.O=C1CCCN1. The Hall–Kier alpha value is -2.45. The van der Waals surface area contributed by atoms with Gasteiger partial charge < -0.3 is 15.2 Å². The van der Waals surface area contributed by atoms with Crippen LogP contribution >= 0.6 is 11.6 Å². The standard InChI is InChI=1S/C22H26ClF2N3O.C4H7NO.C2H6/c1-3-18-20(21(29)26-11-14-4-6-15(23)7-5-14)17-12-27(2)13-19(17)28(18)16-8-9-22(24,25)10-16;6-4-2-1-3-5-4;1-2/h4-7,16H,3,8-13H2,1-2H3,(H,26,29);1-3H2,(H,5,6);1-2H3. The van der Waals surface area contributed by atoms with Gasteiger partial charge in [-0.25, -0.2) is 8.78 Å². The van der Waals surface area contributed by atoms with E-state index in [9.17, 15) is 18.4 Å². The molecule has 1 saturated heterocycles. The quantitative estimate of drug-likeness (QED) is 0.503. The molecular weight excluding hydrogens is 498 g/mol. The summed E-state index contributed by atoms with van der Waals surface area (Å²) in [6.45, 7) is 8.64. The lowest BCUT2D eigenvalue weighted by Gasteiger charge is -2.21. The molecule has 2 aromatic rings. The zero-order chi connectivity index (χ0) is 27.2. The number of hydrogen-bond acceptors (Lipinski definition) is 3. The van der Waals surface area contributed by atoms with Crippen molar-refractivity contribution < 1.29 is 18.4 Å². The van der Waals surface area contributed by atoms with Crippen LogP contribution in [0.3, 0.4) is 0 Å². The fourth-order valence-electron chi connectivity index (χ4n) is 5.31. The third-order valence-corrected chi connectivity index (χ3v) is 7.19. The Morgan fingerprint density at radius 3 is 2.43 bits per heavy atom. The molecule has 9 heteroatoms. The van der Waals surface area contributed by atoms with E-state index in [0.717, 1.165) is 41.9 Å². The number of amides is 2. The van der Waals surface area contributed by atoms with Gasteiger partial charge in [0.25, 0.3) is 5.91 Å². The van der Waals surface area contributed by atoms with Crippen LogP contribution in [0.1, 0.15) is 91.8 Å². The molecule has 2 fully saturated rings. The van der Waals surface area contributed by atoms with Crippen LogP contribution in [0.4, 0.5) is 8.78 Å². The number of carbonyl (C=O) groups excluding carboxylic acids is 2. The van der Waals surface area contributed by atoms with E-state index in [1.54, 1.807) is 12.1 Å². The highest BCUT2D eigenvalue weighted by Gasteiger charge is 2.43. The second kappa shape index (κ2) is 12.9. The van der Waals surface area contributed by atoms with Crippen LogP contribution in [0.25, 0.3) is 0 Å². The molecule has 0 radical (unpaired) electrons. The number of fused-ring (bicyclic) bond motifs is 1. The number of aromatic nitrogens is 1. The van der Waals surface area contributed by atoms with Crippen molar-refractivity contribution in [3.63, 3.8) is 0 Å². The summed E-state index contributed by atoms with van der Waals surface area (Å²) in [5, 5.41) is 6.35. The van der Waals surface area contributed by atoms with Crippen LogP contribution in [0.15, 0.2) is 24.3 Å². The second-order valence-corrected chi connectivity index (χ2v) is 10.1. The molecule has 1 aromatic heterocycles. The number of halogens is 3. The Balaban J connectivity index is 0.000000412. The van der Waals surface area contributed by atoms with Crippen molar-refractivity contribution in [3.05, 3.63) is 57.4 Å². The van der Waals surface area contributed by atoms with E-state index in [0.29, 0.717) is 43.1 Å². The molecule has 1 saturated carbocycles. The van der Waals surface area contributed by atoms with Gasteiger partial charge in [0.1, 0.15) is 0 Å². The lowest BCUT2D eigenvalue weighted by molar-refractivity contribution is -0.119. The van der Waals surface area contributed by atoms with Gasteiger partial charge in [-0.2, -0.15) is 0 Å². The smallest absolute Gasteiger partial charge is 0.253 e. The minimum absolute atomic E-state index is 0.0816. The topological polar surface area (TPSA) is 66.4 Å². The lowest BCUT2D eigenvalue weighted by atomic mass is 10.1. The molecule has 2 N–H and O–H groups in total. The summed E-state index contributed by atoms with van der Waals surface area (Å²) in [6, 6.07) is 7.12. The van der Waals surface area contributed by atoms with Crippen molar-refractivity contribution in [2.75, 3.05) is 13.6 Å². The van der Waals surface area contributed by atoms with Gasteiger partial charge in [0.2, 0.25) is 11.8 Å². The second-order valence-electron chi connectivity index (χ2n) is 9.66. The molecule has 1 unspecified atom stereocenters. The molecule has 3 heterocycles. The summed E-state index contributed by atoms with van der Waals surface area (Å²) in [5.74, 6) is -2.55. The Kier molecular flexibility index (Phi) is 10.1. The number of carbonyl (C=O) groups is 2. The van der Waals surface area contributed by atoms with Gasteiger partial charge >= 0.3 is 0 Å². The highest BCUT2D eigenvalue weighted by molar-refractivity contribution is 6.30. The Morgan fingerprint density at radius 2 is 1.92 bits per heavy atom. The van der Waals surface area contributed by atoms with E-state index in [1.807, 2.05) is 40.0 Å². The normalized spacial score (nSPS) is 19.9. The first-order chi connectivity index (χ1) is 17.7. The number of nitrogens with one attached hydrogen (secondary N) is 2. The first kappa shape index (κ1) is 29.1. The lowest BCUT2D eigenvalue weighted by Crippen LogP contribution is -2.26. The van der Waals surface area contributed by atoms with Crippen LogP contribution in [-0.2, 0) is 30.8 Å². The predicted molar refractivity (Wildman–Crippen MR) is 143 cm³/mol. The highest BCUT2D eigenvalue weighted by Crippen LogP contribution is 2.45. The van der Waals surface area contributed by atoms with Gasteiger partial charge in [-0.05, 0) is 44.0 Å². The summed E-state index contributed by atoms with van der Waals surface area (Å²) in [4.78, 5) is 25.4. The molecule has 2 amide bonds. The molecule has 1 aromatic carbocycles. The van der Waals surface area contributed by atoms with E-state index in [1.165, 1.54) is 0 Å². The van der Waals surface area contributed by atoms with E-state index in [4.69, 9.17) is 11.6 Å². The van der Waals surface area contributed by atoms with Crippen LogP contribution in [0, 0.1) is 0 Å². The fourth-order valence-corrected chi connectivity index (χ4v) is 5.44. The third-order valence-electron chi connectivity index (χ3n) is 6.94. The fraction of sp³-hybridized carbons (Fsp3) is 0.571. The minimum Gasteiger partial charge on any atom is -0.356 e. The van der Waals surface area contributed by atoms with E-state index < -0.39 is 5.92 Å². The zero-order valence-corrected chi connectivity index (χ0v) is 23.1. The Morgan fingerprint density at radius 1 is 1.22 bits per heavy atom. The van der Waals surface area contributed by atoms with Crippen LogP contribution < -0.4 is 10.6 Å². The van der Waals surface area contributed by atoms with Gasteiger partial charge in [0, 0.05) is 73.5 Å². The Bertz CT molecular complexity index is 1080. The number of rotatable bonds is 5. The van der Waals surface area contributed by atoms with Crippen molar-refractivity contribution >= 4 is 23.4 Å². The average molecular weight is 537 g/mol. The van der Waals surface area contributed by atoms with Crippen molar-refractivity contribution in [2.24, 2.45) is 0 Å². The number of nitrogens with zero attached hydrogens (tertiary/aromatic N) is 2. The zero-order valence-electron chi connectivity index (χ0n) is 22.3. The maximum Gasteiger partial charge on any atom is 0.253 e. The van der Waals surface area contributed by atoms with Crippen molar-refractivity contribution in [1.82, 2.24) is 20.1 Å². The largest absolute Gasteiger partial charge is 0.356 e. The van der Waals surface area contributed by atoms with Crippen LogP contribution in [-0.4, -0.2) is 40.8 Å². The van der Waals surface area contributed by atoms with E-state index in [2.05, 4.69) is 20.1 Å². The first-order valence-corrected chi connectivity index (χ1v) is 13.7. The summed E-state index contributed by atoms with van der Waals surface area (Å²) in [6.07, 6.45) is 2.64. The van der Waals surface area contributed by atoms with Crippen molar-refractivity contribution in [2.45, 2.75) is 90.9 Å². The summed E-state index contributed by atoms with van der Waals surface area (Å²) < 4.78 is 29.9. The number of benzene rings is 1. The monoisotopic (exact) mass is 536 g/mol. The Labute approximate surface area is 223 Å². The van der Waals surface area contributed by atoms with Gasteiger partial charge in [-0.1, -0.05) is 44.5 Å². The predicted octanol–water partition coefficient (Wildman–Crippen LogP) is 5.86. The molecule has 0 bridgehead atoms. The molecule has 5 rings (SSSR count). The van der Waals surface area contributed by atoms with Crippen molar-refractivity contribution in [3.8, 4) is 0 Å². The molecule has 204 valence electrons. The van der Waals surface area contributed by atoms with Gasteiger partial charge in [-0.3, -0.25) is 14.5 Å². The van der Waals surface area contributed by atoms with Gasteiger partial charge in [-0.15, -0.1) is 0 Å². The molecule has 3 aliphatic rings. The highest BCUT2D eigenvalue weighted by atomic mass is 35.5. The molecule has 37 heavy (non-hydrogen) atoms. The molecule has 0 spiro atoms. The minimum atomic E-state index is -2.62. The maximum atomic E-state index is 13.9. The summed E-state index contributed by atoms with van der Waals surface area (Å²) >= 11 is 5.92. The van der Waals surface area contributed by atoms with E-state index in [-0.39, 0.29) is 30.7 Å². The summed E-state index contributed by atoms with van der Waals surface area (Å²) in [7, 11) is 1.99. The average Bonchev–Trinajstić information content (AvgIpc) is 3.64. The molecule has 2 aliphatic heterocycles. The van der Waals surface area contributed by atoms with Crippen LogP contribution in [0.5, 0.6) is 0 Å². The van der Waals surface area contributed by atoms with Gasteiger partial charge in [0.05, 0.1) is 5.56 Å². The summed E-state index contributed by atoms with van der Waals surface area (Å²) in [5.41, 5.74) is 4.55. The number of alkyl halides is 2. The molecule has 6 nitrogen and oxygen atoms in total. The molecular formula is C28H39ClF2N4O2. The van der Waals surface area contributed by atoms with Gasteiger partial charge in [0.15, 0.2) is 0 Å². The number of hydrogen-bond donors (Lipinski definition) is 2. The van der Waals surface area contributed by atoms with Crippen molar-refractivity contribution in [1.29, 1.82) is 0 Å². The molecule has 1 aliphatic carbocycles. The maximum absolute atomic E-state index is 13.9.